The van der Waals surface area contributed by atoms with Gasteiger partial charge < -0.3 is 10.6 Å². The van der Waals surface area contributed by atoms with E-state index in [0.29, 0.717) is 19.0 Å². The van der Waals surface area contributed by atoms with E-state index in [9.17, 15) is 0 Å². The minimum atomic E-state index is 0.568. The Kier molecular flexibility index (Phi) is 5.74. The molecule has 4 nitrogen and oxygen atoms in total. The van der Waals surface area contributed by atoms with Gasteiger partial charge in [-0.1, -0.05) is 53.5 Å². The number of hydrogen-bond donors (Lipinski definition) is 2. The maximum Gasteiger partial charge on any atom is 0.225 e. The molecule has 1 heterocycles. The number of benzene rings is 2. The van der Waals surface area contributed by atoms with Crippen molar-refractivity contribution < 1.29 is 0 Å². The van der Waals surface area contributed by atoms with Crippen molar-refractivity contribution in [1.29, 1.82) is 0 Å². The van der Waals surface area contributed by atoms with E-state index < -0.39 is 0 Å². The lowest BCUT2D eigenvalue weighted by atomic mass is 10.2. The molecular formula is C19H18Cl2N4. The molecule has 0 unspecified atom stereocenters. The summed E-state index contributed by atoms with van der Waals surface area (Å²) >= 11 is 12.1. The van der Waals surface area contributed by atoms with Crippen molar-refractivity contribution in [2.45, 2.75) is 20.0 Å². The van der Waals surface area contributed by atoms with Crippen LogP contribution in [0.2, 0.25) is 10.0 Å². The lowest BCUT2D eigenvalue weighted by molar-refractivity contribution is 1.01. The third-order valence-electron chi connectivity index (χ3n) is 3.64. The molecule has 0 amide bonds. The Balaban J connectivity index is 1.65. The number of nitrogens with zero attached hydrogens (tertiary/aromatic N) is 2. The van der Waals surface area contributed by atoms with Crippen LogP contribution in [-0.2, 0) is 13.1 Å². The molecule has 0 bridgehead atoms. The average molecular weight is 373 g/mol. The smallest absolute Gasteiger partial charge is 0.225 e. The van der Waals surface area contributed by atoms with Gasteiger partial charge in [0.1, 0.15) is 5.82 Å². The van der Waals surface area contributed by atoms with Gasteiger partial charge in [-0.15, -0.1) is 0 Å². The molecule has 128 valence electrons. The Morgan fingerprint density at radius 3 is 2.40 bits per heavy atom. The van der Waals surface area contributed by atoms with Gasteiger partial charge in [-0.3, -0.25) is 0 Å². The minimum Gasteiger partial charge on any atom is -0.366 e. The van der Waals surface area contributed by atoms with Crippen molar-refractivity contribution in [2.24, 2.45) is 0 Å². The molecule has 0 saturated heterocycles. The highest BCUT2D eigenvalue weighted by Gasteiger charge is 2.04. The van der Waals surface area contributed by atoms with Gasteiger partial charge in [0.2, 0.25) is 5.95 Å². The van der Waals surface area contributed by atoms with Crippen molar-refractivity contribution in [3.05, 3.63) is 81.5 Å². The molecule has 0 aliphatic heterocycles. The first kappa shape index (κ1) is 17.5. The summed E-state index contributed by atoms with van der Waals surface area (Å²) in [5, 5.41) is 7.99. The Morgan fingerprint density at radius 2 is 1.64 bits per heavy atom. The van der Waals surface area contributed by atoms with Crippen LogP contribution < -0.4 is 10.6 Å². The summed E-state index contributed by atoms with van der Waals surface area (Å²) < 4.78 is 0. The second-order valence-corrected chi connectivity index (χ2v) is 6.49. The quantitative estimate of drug-likeness (QED) is 0.614. The van der Waals surface area contributed by atoms with Gasteiger partial charge in [-0.05, 0) is 36.2 Å². The molecule has 0 aliphatic rings. The van der Waals surface area contributed by atoms with Gasteiger partial charge >= 0.3 is 0 Å². The summed E-state index contributed by atoms with van der Waals surface area (Å²) in [5.41, 5.74) is 3.02. The van der Waals surface area contributed by atoms with E-state index in [2.05, 4.69) is 20.6 Å². The van der Waals surface area contributed by atoms with E-state index in [1.165, 1.54) is 0 Å². The van der Waals surface area contributed by atoms with Crippen molar-refractivity contribution in [3.8, 4) is 0 Å². The summed E-state index contributed by atoms with van der Waals surface area (Å²) in [5.74, 6) is 1.34. The van der Waals surface area contributed by atoms with Crippen LogP contribution in [0.4, 0.5) is 11.8 Å². The lowest BCUT2D eigenvalue weighted by Crippen LogP contribution is -2.08. The fourth-order valence-electron chi connectivity index (χ4n) is 2.35. The van der Waals surface area contributed by atoms with E-state index in [-0.39, 0.29) is 0 Å². The van der Waals surface area contributed by atoms with Crippen molar-refractivity contribution in [3.63, 3.8) is 0 Å². The number of rotatable bonds is 6. The highest BCUT2D eigenvalue weighted by molar-refractivity contribution is 6.31. The van der Waals surface area contributed by atoms with Gasteiger partial charge in [0.15, 0.2) is 0 Å². The second-order valence-electron chi connectivity index (χ2n) is 5.64. The number of nitrogens with one attached hydrogen (secondary N) is 2. The average Bonchev–Trinajstić information content (AvgIpc) is 2.60. The number of hydrogen-bond acceptors (Lipinski definition) is 4. The van der Waals surface area contributed by atoms with Crippen LogP contribution >= 0.6 is 23.2 Å². The molecule has 0 atom stereocenters. The standard InChI is InChI=1S/C19H18Cl2N4/c1-13-10-18(22-11-14-6-8-16(20)9-7-14)25-19(24-13)23-12-15-4-2-3-5-17(15)21/h2-10H,11-12H2,1H3,(H2,22,23,24,25). The summed E-state index contributed by atoms with van der Waals surface area (Å²) in [7, 11) is 0. The molecule has 1 aromatic heterocycles. The third kappa shape index (κ3) is 5.08. The van der Waals surface area contributed by atoms with E-state index in [1.54, 1.807) is 0 Å². The largest absolute Gasteiger partial charge is 0.366 e. The van der Waals surface area contributed by atoms with E-state index in [4.69, 9.17) is 23.2 Å². The van der Waals surface area contributed by atoms with Crippen LogP contribution in [0.15, 0.2) is 54.6 Å². The number of aromatic nitrogens is 2. The Bertz CT molecular complexity index is 850. The Hall–Kier alpha value is -2.30. The van der Waals surface area contributed by atoms with Crippen LogP contribution in [0.1, 0.15) is 16.8 Å². The topological polar surface area (TPSA) is 49.8 Å². The predicted molar refractivity (Wildman–Crippen MR) is 104 cm³/mol. The van der Waals surface area contributed by atoms with Crippen LogP contribution in [0.25, 0.3) is 0 Å². The van der Waals surface area contributed by atoms with E-state index in [0.717, 1.165) is 32.7 Å². The first-order chi connectivity index (χ1) is 12.1. The highest BCUT2D eigenvalue weighted by Crippen LogP contribution is 2.17. The number of halogens is 2. The highest BCUT2D eigenvalue weighted by atomic mass is 35.5. The summed E-state index contributed by atoms with van der Waals surface area (Å²) in [6, 6.07) is 17.4. The molecule has 2 N–H and O–H groups in total. The zero-order chi connectivity index (χ0) is 17.6. The summed E-state index contributed by atoms with van der Waals surface area (Å²) in [4.78, 5) is 8.93. The Labute approximate surface area is 157 Å². The van der Waals surface area contributed by atoms with E-state index >= 15 is 0 Å². The van der Waals surface area contributed by atoms with Gasteiger partial charge in [-0.25, -0.2) is 4.98 Å². The SMILES string of the molecule is Cc1cc(NCc2ccc(Cl)cc2)nc(NCc2ccccc2Cl)n1. The van der Waals surface area contributed by atoms with Gasteiger partial charge in [0.05, 0.1) is 0 Å². The minimum absolute atomic E-state index is 0.568. The molecule has 6 heteroatoms. The zero-order valence-electron chi connectivity index (χ0n) is 13.8. The fourth-order valence-corrected chi connectivity index (χ4v) is 2.68. The number of anilines is 2. The van der Waals surface area contributed by atoms with Crippen LogP contribution in [0.5, 0.6) is 0 Å². The van der Waals surface area contributed by atoms with Crippen LogP contribution in [0, 0.1) is 6.92 Å². The molecule has 25 heavy (non-hydrogen) atoms. The van der Waals surface area contributed by atoms with Crippen LogP contribution in [0.3, 0.4) is 0 Å². The van der Waals surface area contributed by atoms with Crippen molar-refractivity contribution >= 4 is 35.0 Å². The monoisotopic (exact) mass is 372 g/mol. The maximum atomic E-state index is 6.18. The molecule has 0 spiro atoms. The zero-order valence-corrected chi connectivity index (χ0v) is 15.3. The molecule has 0 saturated carbocycles. The van der Waals surface area contributed by atoms with Gasteiger partial charge in [-0.2, -0.15) is 4.98 Å². The predicted octanol–water partition coefficient (Wildman–Crippen LogP) is 5.32. The molecule has 0 radical (unpaired) electrons. The Morgan fingerprint density at radius 1 is 0.880 bits per heavy atom. The second kappa shape index (κ2) is 8.19. The van der Waals surface area contributed by atoms with Crippen molar-refractivity contribution in [2.75, 3.05) is 10.6 Å². The van der Waals surface area contributed by atoms with E-state index in [1.807, 2.05) is 61.5 Å². The normalized spacial score (nSPS) is 10.5. The molecule has 0 aliphatic carbocycles. The first-order valence-electron chi connectivity index (χ1n) is 7.91. The number of aryl methyl sites for hydroxylation is 1. The molecule has 2 aromatic carbocycles. The lowest BCUT2D eigenvalue weighted by Gasteiger charge is -2.11. The summed E-state index contributed by atoms with van der Waals surface area (Å²) in [6.07, 6.45) is 0. The molecule has 3 aromatic rings. The maximum absolute atomic E-state index is 6.18. The fraction of sp³-hybridized carbons (Fsp3) is 0.158. The molecule has 3 rings (SSSR count). The van der Waals surface area contributed by atoms with Gasteiger partial charge in [0.25, 0.3) is 0 Å². The first-order valence-corrected chi connectivity index (χ1v) is 8.67. The van der Waals surface area contributed by atoms with Gasteiger partial charge in [0, 0.05) is 34.9 Å². The molecule has 0 fully saturated rings. The third-order valence-corrected chi connectivity index (χ3v) is 4.26. The van der Waals surface area contributed by atoms with Crippen LogP contribution in [-0.4, -0.2) is 9.97 Å². The molecular weight excluding hydrogens is 355 g/mol. The van der Waals surface area contributed by atoms with Crippen molar-refractivity contribution in [1.82, 2.24) is 9.97 Å². The summed E-state index contributed by atoms with van der Waals surface area (Å²) in [6.45, 7) is 3.17.